The Hall–Kier alpha value is -4.86. The number of tetrazole rings is 1. The fourth-order valence-electron chi connectivity index (χ4n) is 4.00. The number of hydrogen-bond acceptors (Lipinski definition) is 6. The van der Waals surface area contributed by atoms with Gasteiger partial charge in [-0.05, 0) is 51.4 Å². The van der Waals surface area contributed by atoms with Gasteiger partial charge in [-0.3, -0.25) is 13.9 Å². The van der Waals surface area contributed by atoms with Gasteiger partial charge in [0.15, 0.2) is 5.82 Å². The first-order chi connectivity index (χ1) is 16.4. The quantitative estimate of drug-likeness (QED) is 0.416. The van der Waals surface area contributed by atoms with Crippen LogP contribution in [0.4, 0.5) is 0 Å². The topological polar surface area (TPSA) is 136 Å². The van der Waals surface area contributed by atoms with Crippen molar-refractivity contribution in [3.8, 4) is 22.5 Å². The van der Waals surface area contributed by atoms with E-state index in [1.54, 1.807) is 7.05 Å². The molecule has 0 aliphatic heterocycles. The van der Waals surface area contributed by atoms with E-state index in [1.165, 1.54) is 22.8 Å². The van der Waals surface area contributed by atoms with Crippen LogP contribution in [-0.4, -0.2) is 40.8 Å². The van der Waals surface area contributed by atoms with Crippen molar-refractivity contribution in [2.24, 2.45) is 7.05 Å². The lowest BCUT2D eigenvalue weighted by molar-refractivity contribution is 0.0697. The smallest absolute Gasteiger partial charge is 0.335 e. The van der Waals surface area contributed by atoms with Gasteiger partial charge < -0.3 is 5.11 Å². The molecule has 2 aromatic heterocycles. The van der Waals surface area contributed by atoms with E-state index in [-0.39, 0.29) is 17.5 Å². The predicted octanol–water partition coefficient (Wildman–Crippen LogP) is 2.29. The van der Waals surface area contributed by atoms with Crippen LogP contribution < -0.4 is 11.2 Å². The zero-order valence-electron chi connectivity index (χ0n) is 18.0. The van der Waals surface area contributed by atoms with Gasteiger partial charge in [-0.1, -0.05) is 42.5 Å². The number of rotatable bonds is 5. The van der Waals surface area contributed by atoms with Crippen LogP contribution in [0.15, 0.2) is 76.3 Å². The van der Waals surface area contributed by atoms with Crippen LogP contribution in [-0.2, 0) is 13.6 Å². The largest absolute Gasteiger partial charge is 0.478 e. The number of fused-ring (bicyclic) bond motifs is 1. The molecule has 0 aliphatic rings. The summed E-state index contributed by atoms with van der Waals surface area (Å²) in [7, 11) is 1.55. The van der Waals surface area contributed by atoms with Crippen LogP contribution in [0.2, 0.25) is 0 Å². The average Bonchev–Trinajstić information content (AvgIpc) is 3.40. The molecular formula is C24H18N6O4. The summed E-state index contributed by atoms with van der Waals surface area (Å²) < 4.78 is 2.43. The number of hydrogen-bond donors (Lipinski definition) is 2. The van der Waals surface area contributed by atoms with Gasteiger partial charge >= 0.3 is 11.7 Å². The van der Waals surface area contributed by atoms with Gasteiger partial charge in [0.2, 0.25) is 0 Å². The van der Waals surface area contributed by atoms with E-state index >= 15 is 0 Å². The minimum Gasteiger partial charge on any atom is -0.478 e. The predicted molar refractivity (Wildman–Crippen MR) is 125 cm³/mol. The Kier molecular flexibility index (Phi) is 5.09. The van der Waals surface area contributed by atoms with Crippen molar-refractivity contribution in [2.75, 3.05) is 0 Å². The van der Waals surface area contributed by atoms with Crippen molar-refractivity contribution in [3.63, 3.8) is 0 Å². The minimum atomic E-state index is -1.15. The Morgan fingerprint density at radius 3 is 2.50 bits per heavy atom. The van der Waals surface area contributed by atoms with Crippen LogP contribution in [0.3, 0.4) is 0 Å². The van der Waals surface area contributed by atoms with E-state index < -0.39 is 17.2 Å². The highest BCUT2D eigenvalue weighted by atomic mass is 16.4. The number of nitrogens with one attached hydrogen (secondary N) is 1. The highest BCUT2D eigenvalue weighted by molar-refractivity contribution is 5.93. The average molecular weight is 454 g/mol. The highest BCUT2D eigenvalue weighted by Crippen LogP contribution is 2.30. The third-order valence-electron chi connectivity index (χ3n) is 5.71. The van der Waals surface area contributed by atoms with E-state index in [2.05, 4.69) is 20.6 Å². The normalized spacial score (nSPS) is 11.1. The van der Waals surface area contributed by atoms with Gasteiger partial charge in [-0.2, -0.15) is 0 Å². The first-order valence-electron chi connectivity index (χ1n) is 10.3. The second-order valence-electron chi connectivity index (χ2n) is 7.77. The lowest BCUT2D eigenvalue weighted by atomic mass is 9.97. The van der Waals surface area contributed by atoms with E-state index in [4.69, 9.17) is 0 Å². The molecule has 0 atom stereocenters. The summed E-state index contributed by atoms with van der Waals surface area (Å²) in [6, 6.07) is 19.4. The fourth-order valence-corrected chi connectivity index (χ4v) is 4.00. The first kappa shape index (κ1) is 21.0. The third-order valence-corrected chi connectivity index (χ3v) is 5.71. The molecule has 168 valence electrons. The molecule has 34 heavy (non-hydrogen) atoms. The van der Waals surface area contributed by atoms with Crippen molar-refractivity contribution in [1.82, 2.24) is 29.8 Å². The fraction of sp³-hybridized carbons (Fsp3) is 0.0833. The molecule has 3 aromatic carbocycles. The van der Waals surface area contributed by atoms with E-state index in [0.29, 0.717) is 22.5 Å². The molecule has 0 saturated carbocycles. The van der Waals surface area contributed by atoms with E-state index in [0.717, 1.165) is 15.7 Å². The molecule has 0 unspecified atom stereocenters. The van der Waals surface area contributed by atoms with Gasteiger partial charge in [-0.25, -0.2) is 14.7 Å². The summed E-state index contributed by atoms with van der Waals surface area (Å²) in [5.41, 5.74) is 2.51. The number of carboxylic acids is 1. The van der Waals surface area contributed by atoms with Gasteiger partial charge in [0.05, 0.1) is 23.0 Å². The number of aromatic carboxylic acids is 1. The van der Waals surface area contributed by atoms with Crippen molar-refractivity contribution in [1.29, 1.82) is 0 Å². The molecule has 2 heterocycles. The van der Waals surface area contributed by atoms with Crippen molar-refractivity contribution in [3.05, 3.63) is 98.7 Å². The molecule has 0 fully saturated rings. The molecule has 0 bridgehead atoms. The molecule has 0 spiro atoms. The van der Waals surface area contributed by atoms with Crippen molar-refractivity contribution < 1.29 is 9.90 Å². The molecular weight excluding hydrogens is 436 g/mol. The monoisotopic (exact) mass is 454 g/mol. The van der Waals surface area contributed by atoms with Crippen molar-refractivity contribution in [2.45, 2.75) is 6.54 Å². The number of carboxylic acid groups (broad SMARTS) is 1. The van der Waals surface area contributed by atoms with Gasteiger partial charge in [-0.15, -0.1) is 5.10 Å². The van der Waals surface area contributed by atoms with Crippen LogP contribution in [0.1, 0.15) is 15.9 Å². The van der Waals surface area contributed by atoms with Gasteiger partial charge in [0, 0.05) is 12.6 Å². The number of aromatic nitrogens is 6. The summed E-state index contributed by atoms with van der Waals surface area (Å²) >= 11 is 0. The second-order valence-corrected chi connectivity index (χ2v) is 7.77. The maximum Gasteiger partial charge on any atom is 0.335 e. The van der Waals surface area contributed by atoms with Gasteiger partial charge in [0.1, 0.15) is 0 Å². The molecule has 0 radical (unpaired) electrons. The first-order valence-corrected chi connectivity index (χ1v) is 10.3. The summed E-state index contributed by atoms with van der Waals surface area (Å²) in [5, 5.41) is 23.6. The number of H-pyrrole nitrogens is 1. The number of aromatic amines is 1. The number of carbonyl (C=O) groups is 1. The third kappa shape index (κ3) is 3.56. The minimum absolute atomic E-state index is 0.0115. The Bertz CT molecular complexity index is 1650. The molecule has 10 nitrogen and oxygen atoms in total. The standard InChI is InChI=1S/C24H18N6O4/c1-29-20-10-8-16(23(32)33)12-19(20)22(31)30(24(29)34)13-14-7-9-17(15-5-3-2-4-6-15)18(11-14)21-25-27-28-26-21/h2-12H,13H2,1H3,(H,32,33)(H,25,26,27,28). The summed E-state index contributed by atoms with van der Waals surface area (Å²) in [4.78, 5) is 37.6. The molecule has 0 saturated heterocycles. The summed E-state index contributed by atoms with van der Waals surface area (Å²) in [6.07, 6.45) is 0. The van der Waals surface area contributed by atoms with Crippen LogP contribution in [0.5, 0.6) is 0 Å². The van der Waals surface area contributed by atoms with Gasteiger partial charge in [0.25, 0.3) is 5.56 Å². The molecule has 0 aliphatic carbocycles. The second kappa shape index (κ2) is 8.24. The highest BCUT2D eigenvalue weighted by Gasteiger charge is 2.16. The Morgan fingerprint density at radius 2 is 1.79 bits per heavy atom. The molecule has 5 rings (SSSR count). The lowest BCUT2D eigenvalue weighted by Crippen LogP contribution is -2.39. The van der Waals surface area contributed by atoms with Crippen LogP contribution in [0, 0.1) is 0 Å². The molecule has 0 amide bonds. The SMILES string of the molecule is Cn1c(=O)n(Cc2ccc(-c3ccccc3)c(-c3nnn[nH]3)c2)c(=O)c2cc(C(=O)O)ccc21. The van der Waals surface area contributed by atoms with Crippen molar-refractivity contribution >= 4 is 16.9 Å². The molecule has 5 aromatic rings. The maximum atomic E-state index is 13.2. The molecule has 10 heteroatoms. The zero-order chi connectivity index (χ0) is 23.8. The van der Waals surface area contributed by atoms with E-state index in [9.17, 15) is 19.5 Å². The zero-order valence-corrected chi connectivity index (χ0v) is 18.0. The Balaban J connectivity index is 1.66. The Labute approximate surface area is 191 Å². The Morgan fingerprint density at radius 1 is 1.00 bits per heavy atom. The summed E-state index contributed by atoms with van der Waals surface area (Å²) in [5.74, 6) is -0.700. The van der Waals surface area contributed by atoms with Crippen LogP contribution >= 0.6 is 0 Å². The number of aryl methyl sites for hydroxylation is 1. The van der Waals surface area contributed by atoms with Crippen LogP contribution in [0.25, 0.3) is 33.4 Å². The number of benzene rings is 3. The molecule has 2 N–H and O–H groups in total. The summed E-state index contributed by atoms with van der Waals surface area (Å²) in [6.45, 7) is -0.0115. The van der Waals surface area contributed by atoms with E-state index in [1.807, 2.05) is 48.5 Å². The number of nitrogens with zero attached hydrogens (tertiary/aromatic N) is 5. The lowest BCUT2D eigenvalue weighted by Gasteiger charge is -2.13. The maximum absolute atomic E-state index is 13.2.